The summed E-state index contributed by atoms with van der Waals surface area (Å²) in [6.07, 6.45) is -1.000. The second kappa shape index (κ2) is 11.0. The van der Waals surface area contributed by atoms with E-state index in [0.29, 0.717) is 17.1 Å². The molecule has 0 fully saturated rings. The Hall–Kier alpha value is -4.20. The Morgan fingerprint density at radius 1 is 0.778 bits per heavy atom. The fourth-order valence-corrected chi connectivity index (χ4v) is 4.42. The van der Waals surface area contributed by atoms with Crippen LogP contribution < -0.4 is 20.0 Å². The molecule has 1 aliphatic rings. The smallest absolute Gasteiger partial charge is 0.419 e. The first kappa shape index (κ1) is 24.9. The highest BCUT2D eigenvalue weighted by Gasteiger charge is 2.34. The van der Waals surface area contributed by atoms with Crippen molar-refractivity contribution in [2.24, 2.45) is 0 Å². The van der Waals surface area contributed by atoms with Gasteiger partial charge in [-0.15, -0.1) is 0 Å². The standard InChI is InChI=1S/C28H32N4O4/c1-5-30(6-2)22-15-17-24-26(19-22)31(21-12-10-9-11-13-21)25-18-20(29-27(33)35-7-3)14-16-23(25)32(24)28(34)36-8-4/h9-19H,5-8H2,1-4H3,(H,29,33). The van der Waals surface area contributed by atoms with Crippen LogP contribution in [0.3, 0.4) is 0 Å². The van der Waals surface area contributed by atoms with Crippen LogP contribution in [0.2, 0.25) is 0 Å². The topological polar surface area (TPSA) is 74.4 Å². The molecule has 0 saturated carbocycles. The largest absolute Gasteiger partial charge is 0.450 e. The summed E-state index contributed by atoms with van der Waals surface area (Å²) in [6, 6.07) is 21.4. The van der Waals surface area contributed by atoms with E-state index in [1.807, 2.05) is 54.6 Å². The lowest BCUT2D eigenvalue weighted by molar-refractivity contribution is 0.162. The first-order valence-corrected chi connectivity index (χ1v) is 12.3. The van der Waals surface area contributed by atoms with E-state index in [4.69, 9.17) is 9.47 Å². The Labute approximate surface area is 212 Å². The number of nitrogens with one attached hydrogen (secondary N) is 1. The molecule has 3 aromatic carbocycles. The Morgan fingerprint density at radius 3 is 2.06 bits per heavy atom. The monoisotopic (exact) mass is 488 g/mol. The number of para-hydroxylation sites is 1. The Balaban J connectivity index is 1.95. The average molecular weight is 489 g/mol. The van der Waals surface area contributed by atoms with Crippen molar-refractivity contribution < 1.29 is 19.1 Å². The van der Waals surface area contributed by atoms with Gasteiger partial charge in [0.2, 0.25) is 0 Å². The minimum atomic E-state index is -0.536. The molecule has 0 aliphatic carbocycles. The molecule has 4 rings (SSSR count). The summed E-state index contributed by atoms with van der Waals surface area (Å²) in [5, 5.41) is 2.78. The summed E-state index contributed by atoms with van der Waals surface area (Å²) in [5.74, 6) is 0. The second-order valence-corrected chi connectivity index (χ2v) is 8.10. The van der Waals surface area contributed by atoms with Gasteiger partial charge in [0.1, 0.15) is 0 Å². The molecule has 188 valence electrons. The van der Waals surface area contributed by atoms with E-state index in [1.165, 1.54) is 0 Å². The second-order valence-electron chi connectivity index (χ2n) is 8.10. The molecular weight excluding hydrogens is 456 g/mol. The van der Waals surface area contributed by atoms with Crippen molar-refractivity contribution >= 4 is 52.0 Å². The number of benzene rings is 3. The fraction of sp³-hybridized carbons (Fsp3) is 0.286. The number of amides is 2. The van der Waals surface area contributed by atoms with Gasteiger partial charge < -0.3 is 19.3 Å². The van der Waals surface area contributed by atoms with Crippen LogP contribution in [-0.4, -0.2) is 38.5 Å². The van der Waals surface area contributed by atoms with Crippen molar-refractivity contribution in [2.45, 2.75) is 27.7 Å². The third kappa shape index (κ3) is 4.79. The summed E-state index contributed by atoms with van der Waals surface area (Å²) in [7, 11) is 0. The molecule has 0 unspecified atom stereocenters. The molecule has 0 saturated heterocycles. The predicted molar refractivity (Wildman–Crippen MR) is 144 cm³/mol. The molecule has 0 bridgehead atoms. The Kier molecular flexibility index (Phi) is 7.63. The van der Waals surface area contributed by atoms with Crippen LogP contribution in [-0.2, 0) is 9.47 Å². The van der Waals surface area contributed by atoms with E-state index >= 15 is 0 Å². The van der Waals surface area contributed by atoms with Gasteiger partial charge >= 0.3 is 12.2 Å². The quantitative estimate of drug-likeness (QED) is 0.380. The number of nitrogens with zero attached hydrogens (tertiary/aromatic N) is 3. The van der Waals surface area contributed by atoms with E-state index in [-0.39, 0.29) is 13.2 Å². The molecule has 1 heterocycles. The van der Waals surface area contributed by atoms with Crippen LogP contribution >= 0.6 is 0 Å². The van der Waals surface area contributed by atoms with E-state index in [9.17, 15) is 9.59 Å². The van der Waals surface area contributed by atoms with Gasteiger partial charge in [-0.25, -0.2) is 14.5 Å². The lowest BCUT2D eigenvalue weighted by Gasteiger charge is -2.39. The molecule has 3 aromatic rings. The van der Waals surface area contributed by atoms with Crippen LogP contribution in [0.1, 0.15) is 27.7 Å². The molecular formula is C28H32N4O4. The van der Waals surface area contributed by atoms with Crippen molar-refractivity contribution in [3.63, 3.8) is 0 Å². The maximum absolute atomic E-state index is 13.2. The van der Waals surface area contributed by atoms with Gasteiger partial charge in [-0.2, -0.15) is 0 Å². The summed E-state index contributed by atoms with van der Waals surface area (Å²) in [5.41, 5.74) is 5.45. The molecule has 0 spiro atoms. The SMILES string of the molecule is CCOC(=O)Nc1ccc2c(c1)N(c1ccccc1)c1cc(N(CC)CC)ccc1N2C(=O)OCC. The van der Waals surface area contributed by atoms with Gasteiger partial charge in [0, 0.05) is 30.2 Å². The molecule has 1 N–H and O–H groups in total. The number of hydrogen-bond acceptors (Lipinski definition) is 6. The predicted octanol–water partition coefficient (Wildman–Crippen LogP) is 7.18. The zero-order chi connectivity index (χ0) is 25.7. The average Bonchev–Trinajstić information content (AvgIpc) is 2.88. The zero-order valence-corrected chi connectivity index (χ0v) is 21.2. The van der Waals surface area contributed by atoms with Gasteiger partial charge in [0.05, 0.1) is 36.0 Å². The summed E-state index contributed by atoms with van der Waals surface area (Å²) in [4.78, 5) is 31.3. The van der Waals surface area contributed by atoms with Gasteiger partial charge in [-0.1, -0.05) is 18.2 Å². The normalized spacial score (nSPS) is 11.9. The number of ether oxygens (including phenoxy) is 2. The summed E-state index contributed by atoms with van der Waals surface area (Å²) >= 11 is 0. The first-order chi connectivity index (χ1) is 17.5. The Bertz CT molecular complexity index is 1230. The highest BCUT2D eigenvalue weighted by molar-refractivity contribution is 6.10. The van der Waals surface area contributed by atoms with Crippen LogP contribution in [0.5, 0.6) is 0 Å². The minimum Gasteiger partial charge on any atom is -0.450 e. The first-order valence-electron chi connectivity index (χ1n) is 12.3. The van der Waals surface area contributed by atoms with Gasteiger partial charge in [-0.05, 0) is 76.2 Å². The van der Waals surface area contributed by atoms with Gasteiger partial charge in [0.25, 0.3) is 0 Å². The van der Waals surface area contributed by atoms with Crippen molar-refractivity contribution in [1.82, 2.24) is 0 Å². The highest BCUT2D eigenvalue weighted by atomic mass is 16.6. The maximum atomic E-state index is 13.2. The van der Waals surface area contributed by atoms with Crippen LogP contribution in [0.4, 0.5) is 49.4 Å². The zero-order valence-electron chi connectivity index (χ0n) is 21.2. The number of carbonyl (C=O) groups is 2. The third-order valence-electron chi connectivity index (χ3n) is 6.01. The van der Waals surface area contributed by atoms with Crippen LogP contribution in [0.25, 0.3) is 0 Å². The molecule has 8 nitrogen and oxygen atoms in total. The van der Waals surface area contributed by atoms with Crippen molar-refractivity contribution in [1.29, 1.82) is 0 Å². The van der Waals surface area contributed by atoms with E-state index in [0.717, 1.165) is 35.8 Å². The maximum Gasteiger partial charge on any atom is 0.419 e. The molecule has 2 amide bonds. The molecule has 8 heteroatoms. The van der Waals surface area contributed by atoms with E-state index in [1.54, 1.807) is 24.8 Å². The number of fused-ring (bicyclic) bond motifs is 2. The van der Waals surface area contributed by atoms with E-state index in [2.05, 4.69) is 35.0 Å². The molecule has 0 radical (unpaired) electrons. The molecule has 0 atom stereocenters. The van der Waals surface area contributed by atoms with Crippen molar-refractivity contribution in [2.75, 3.05) is 46.3 Å². The van der Waals surface area contributed by atoms with Gasteiger partial charge in [-0.3, -0.25) is 5.32 Å². The number of carbonyl (C=O) groups excluding carboxylic acids is 2. The molecule has 36 heavy (non-hydrogen) atoms. The third-order valence-corrected chi connectivity index (χ3v) is 6.01. The number of hydrogen-bond donors (Lipinski definition) is 1. The number of rotatable bonds is 7. The summed E-state index contributed by atoms with van der Waals surface area (Å²) < 4.78 is 10.5. The lowest BCUT2D eigenvalue weighted by Crippen LogP contribution is -2.33. The highest BCUT2D eigenvalue weighted by Crippen LogP contribution is 2.53. The molecule has 1 aliphatic heterocycles. The van der Waals surface area contributed by atoms with Crippen LogP contribution in [0.15, 0.2) is 66.7 Å². The molecule has 0 aromatic heterocycles. The lowest BCUT2D eigenvalue weighted by atomic mass is 10.0. The Morgan fingerprint density at radius 2 is 1.42 bits per heavy atom. The van der Waals surface area contributed by atoms with E-state index < -0.39 is 12.2 Å². The van der Waals surface area contributed by atoms with Gasteiger partial charge in [0.15, 0.2) is 0 Å². The fourth-order valence-electron chi connectivity index (χ4n) is 4.42. The van der Waals surface area contributed by atoms with Crippen LogP contribution in [0, 0.1) is 0 Å². The number of anilines is 7. The minimum absolute atomic E-state index is 0.252. The van der Waals surface area contributed by atoms with Crippen molar-refractivity contribution in [3.8, 4) is 0 Å². The van der Waals surface area contributed by atoms with Crippen molar-refractivity contribution in [3.05, 3.63) is 66.7 Å². The summed E-state index contributed by atoms with van der Waals surface area (Å²) in [6.45, 7) is 10.0.